The monoisotopic (exact) mass is 474 g/mol. The van der Waals surface area contributed by atoms with Crippen molar-refractivity contribution in [2.75, 3.05) is 7.11 Å². The number of pyridine rings is 2. The Kier molecular flexibility index (Phi) is 6.46. The Labute approximate surface area is 165 Å². The van der Waals surface area contributed by atoms with Crippen LogP contribution >= 0.6 is 43.5 Å². The van der Waals surface area contributed by atoms with Gasteiger partial charge in [0.15, 0.2) is 0 Å². The van der Waals surface area contributed by atoms with E-state index in [1.165, 1.54) is 0 Å². The first-order valence-corrected chi connectivity index (χ1v) is 9.66. The van der Waals surface area contributed by atoms with Crippen LogP contribution < -0.4 is 0 Å². The van der Waals surface area contributed by atoms with Crippen LogP contribution in [-0.4, -0.2) is 17.1 Å². The van der Waals surface area contributed by atoms with Crippen molar-refractivity contribution >= 4 is 43.5 Å². The summed E-state index contributed by atoms with van der Waals surface area (Å²) in [5, 5.41) is 0.680. The van der Waals surface area contributed by atoms with Crippen LogP contribution in [0, 0.1) is 0 Å². The second-order valence-corrected chi connectivity index (χ2v) is 8.52. The molecule has 0 atom stereocenters. The highest BCUT2D eigenvalue weighted by Gasteiger charge is 2.31. The molecule has 0 fully saturated rings. The molecule has 130 valence electrons. The van der Waals surface area contributed by atoms with Crippen molar-refractivity contribution in [2.45, 2.75) is 45.6 Å². The van der Waals surface area contributed by atoms with Crippen LogP contribution in [0.15, 0.2) is 27.4 Å². The van der Waals surface area contributed by atoms with Gasteiger partial charge in [0, 0.05) is 18.1 Å². The lowest BCUT2D eigenvalue weighted by molar-refractivity contribution is 0.183. The minimum Gasteiger partial charge on any atom is -0.380 e. The second-order valence-electron chi connectivity index (χ2n) is 6.55. The molecule has 0 N–H and O–H groups in total. The number of rotatable bonds is 5. The first-order chi connectivity index (χ1) is 11.2. The Balaban J connectivity index is 2.63. The standard InChI is InChI=1S/C18H21Br2ClN2O/c1-10(2)15-13(21)8-12(17(20)23-15)18(3,4)16-11(9-24-5)6-7-14(19)22-16/h6-8,10H,9H2,1-5H3. The highest BCUT2D eigenvalue weighted by Crippen LogP contribution is 2.39. The average molecular weight is 477 g/mol. The molecule has 0 saturated carbocycles. The van der Waals surface area contributed by atoms with Crippen molar-refractivity contribution in [3.05, 3.63) is 54.9 Å². The molecule has 0 aliphatic carbocycles. The lowest BCUT2D eigenvalue weighted by Gasteiger charge is -2.29. The van der Waals surface area contributed by atoms with Crippen LogP contribution in [0.5, 0.6) is 0 Å². The molecule has 2 heterocycles. The van der Waals surface area contributed by atoms with Gasteiger partial charge in [-0.25, -0.2) is 9.97 Å². The number of halogens is 3. The summed E-state index contributed by atoms with van der Waals surface area (Å²) in [6.07, 6.45) is 0. The zero-order valence-electron chi connectivity index (χ0n) is 14.5. The number of hydrogen-bond acceptors (Lipinski definition) is 3. The molecule has 24 heavy (non-hydrogen) atoms. The summed E-state index contributed by atoms with van der Waals surface area (Å²) in [4.78, 5) is 9.39. The van der Waals surface area contributed by atoms with Crippen molar-refractivity contribution in [1.82, 2.24) is 9.97 Å². The normalized spacial score (nSPS) is 12.0. The SMILES string of the molecule is COCc1ccc(Br)nc1C(C)(C)c1cc(Cl)c(C(C)C)nc1Br. The van der Waals surface area contributed by atoms with Crippen molar-refractivity contribution in [3.8, 4) is 0 Å². The molecule has 2 aromatic rings. The molecule has 0 bridgehead atoms. The molecule has 0 amide bonds. The maximum atomic E-state index is 6.48. The van der Waals surface area contributed by atoms with Crippen LogP contribution in [0.4, 0.5) is 0 Å². The van der Waals surface area contributed by atoms with E-state index in [9.17, 15) is 0 Å². The predicted octanol–water partition coefficient (Wildman–Crippen LogP) is 6.25. The summed E-state index contributed by atoms with van der Waals surface area (Å²) in [5.74, 6) is 0.263. The third-order valence-corrected chi connectivity index (χ3v) is 5.36. The zero-order valence-corrected chi connectivity index (χ0v) is 18.4. The molecule has 2 aromatic heterocycles. The molecule has 2 rings (SSSR count). The molecule has 3 nitrogen and oxygen atoms in total. The van der Waals surface area contributed by atoms with Gasteiger partial charge in [-0.2, -0.15) is 0 Å². The first kappa shape index (κ1) is 19.8. The summed E-state index contributed by atoms with van der Waals surface area (Å²) in [5.41, 5.74) is 3.49. The van der Waals surface area contributed by atoms with E-state index in [0.29, 0.717) is 11.6 Å². The Bertz CT molecular complexity index is 748. The first-order valence-electron chi connectivity index (χ1n) is 7.69. The highest BCUT2D eigenvalue weighted by atomic mass is 79.9. The van der Waals surface area contributed by atoms with Crippen molar-refractivity contribution in [3.63, 3.8) is 0 Å². The van der Waals surface area contributed by atoms with Gasteiger partial charge >= 0.3 is 0 Å². The summed E-state index contributed by atoms with van der Waals surface area (Å²) in [6, 6.07) is 5.95. The van der Waals surface area contributed by atoms with Gasteiger partial charge in [0.05, 0.1) is 23.0 Å². The summed E-state index contributed by atoms with van der Waals surface area (Å²) >= 11 is 13.6. The minimum absolute atomic E-state index is 0.263. The van der Waals surface area contributed by atoms with Crippen molar-refractivity contribution < 1.29 is 4.74 Å². The van der Waals surface area contributed by atoms with E-state index in [1.54, 1.807) is 7.11 Å². The third kappa shape index (κ3) is 4.01. The zero-order chi connectivity index (χ0) is 18.1. The number of hydrogen-bond donors (Lipinski definition) is 0. The largest absolute Gasteiger partial charge is 0.380 e. The molecule has 0 spiro atoms. The number of aromatic nitrogens is 2. The van der Waals surface area contributed by atoms with Crippen LogP contribution in [0.2, 0.25) is 5.02 Å². The minimum atomic E-state index is -0.386. The Morgan fingerprint density at radius 2 is 1.88 bits per heavy atom. The topological polar surface area (TPSA) is 35.0 Å². The molecular formula is C18H21Br2ClN2O. The van der Waals surface area contributed by atoms with Gasteiger partial charge in [-0.05, 0) is 55.5 Å². The smallest absolute Gasteiger partial charge is 0.110 e. The number of nitrogens with zero attached hydrogens (tertiary/aromatic N) is 2. The molecule has 0 aliphatic heterocycles. The fourth-order valence-corrected chi connectivity index (χ4v) is 4.21. The Morgan fingerprint density at radius 1 is 1.21 bits per heavy atom. The summed E-state index contributed by atoms with van der Waals surface area (Å²) in [7, 11) is 1.69. The second kappa shape index (κ2) is 7.81. The van der Waals surface area contributed by atoms with Crippen LogP contribution in [-0.2, 0) is 16.8 Å². The van der Waals surface area contributed by atoms with E-state index in [4.69, 9.17) is 21.3 Å². The molecule has 6 heteroatoms. The van der Waals surface area contributed by atoms with E-state index in [1.807, 2.05) is 18.2 Å². The van der Waals surface area contributed by atoms with Gasteiger partial charge in [-0.15, -0.1) is 0 Å². The molecule has 0 aliphatic rings. The van der Waals surface area contributed by atoms with E-state index in [2.05, 4.69) is 64.5 Å². The number of methoxy groups -OCH3 is 1. The fraction of sp³-hybridized carbons (Fsp3) is 0.444. The van der Waals surface area contributed by atoms with E-state index in [0.717, 1.165) is 31.7 Å². The molecule has 0 aromatic carbocycles. The van der Waals surface area contributed by atoms with Gasteiger partial charge in [-0.3, -0.25) is 0 Å². The van der Waals surface area contributed by atoms with Crippen LogP contribution in [0.25, 0.3) is 0 Å². The van der Waals surface area contributed by atoms with Crippen LogP contribution in [0.3, 0.4) is 0 Å². The van der Waals surface area contributed by atoms with Crippen LogP contribution in [0.1, 0.15) is 56.1 Å². The van der Waals surface area contributed by atoms with Gasteiger partial charge in [-0.1, -0.05) is 45.4 Å². The van der Waals surface area contributed by atoms with Gasteiger partial charge in [0.1, 0.15) is 9.21 Å². The summed E-state index contributed by atoms with van der Waals surface area (Å²) in [6.45, 7) is 8.90. The fourth-order valence-electron chi connectivity index (χ4n) is 2.73. The lowest BCUT2D eigenvalue weighted by Crippen LogP contribution is -2.24. The lowest BCUT2D eigenvalue weighted by atomic mass is 9.80. The molecule has 0 saturated heterocycles. The van der Waals surface area contributed by atoms with Gasteiger partial charge in [0.2, 0.25) is 0 Å². The van der Waals surface area contributed by atoms with Crippen molar-refractivity contribution in [1.29, 1.82) is 0 Å². The molecule has 0 radical (unpaired) electrons. The number of ether oxygens (including phenoxy) is 1. The maximum Gasteiger partial charge on any atom is 0.110 e. The Morgan fingerprint density at radius 3 is 2.46 bits per heavy atom. The van der Waals surface area contributed by atoms with E-state index >= 15 is 0 Å². The van der Waals surface area contributed by atoms with Crippen molar-refractivity contribution in [2.24, 2.45) is 0 Å². The van der Waals surface area contributed by atoms with Gasteiger partial charge < -0.3 is 4.74 Å². The van der Waals surface area contributed by atoms with E-state index < -0.39 is 0 Å². The molecular weight excluding hydrogens is 455 g/mol. The van der Waals surface area contributed by atoms with E-state index in [-0.39, 0.29) is 11.3 Å². The predicted molar refractivity (Wildman–Crippen MR) is 106 cm³/mol. The Hall–Kier alpha value is -0.490. The third-order valence-electron chi connectivity index (χ3n) is 4.01. The molecule has 0 unspecified atom stereocenters. The summed E-state index contributed by atoms with van der Waals surface area (Å²) < 4.78 is 6.92. The quantitative estimate of drug-likeness (QED) is 0.479. The highest BCUT2D eigenvalue weighted by molar-refractivity contribution is 9.10. The average Bonchev–Trinajstić information content (AvgIpc) is 2.50. The maximum absolute atomic E-state index is 6.48. The van der Waals surface area contributed by atoms with Gasteiger partial charge in [0.25, 0.3) is 0 Å².